The van der Waals surface area contributed by atoms with Gasteiger partial charge < -0.3 is 5.32 Å². The summed E-state index contributed by atoms with van der Waals surface area (Å²) in [6, 6.07) is 11.1. The molecule has 92 valence electrons. The summed E-state index contributed by atoms with van der Waals surface area (Å²) in [6.45, 7) is 0. The number of carbonyl (C=O) groups excluding carboxylic acids is 1. The fraction of sp³-hybridized carbons (Fsp3) is 0.467. The molecule has 0 aliphatic heterocycles. The highest BCUT2D eigenvalue weighted by molar-refractivity contribution is 5.83. The lowest BCUT2D eigenvalue weighted by atomic mass is 10.1. The molecule has 1 aromatic rings. The van der Waals surface area contributed by atoms with Gasteiger partial charge in [0.15, 0.2) is 0 Å². The average molecular weight is 240 g/mol. The summed E-state index contributed by atoms with van der Waals surface area (Å²) >= 11 is 0. The Balaban J connectivity index is 1.65. The van der Waals surface area contributed by atoms with Gasteiger partial charge in [-0.25, -0.2) is 0 Å². The molecular weight excluding hydrogens is 224 g/mol. The summed E-state index contributed by atoms with van der Waals surface area (Å²) in [7, 11) is 0. The van der Waals surface area contributed by atoms with Gasteiger partial charge in [0.05, 0.1) is 6.07 Å². The molecule has 0 aromatic heterocycles. The number of benzene rings is 1. The van der Waals surface area contributed by atoms with E-state index in [9.17, 15) is 4.79 Å². The molecule has 18 heavy (non-hydrogen) atoms. The monoisotopic (exact) mass is 240 g/mol. The van der Waals surface area contributed by atoms with Crippen molar-refractivity contribution in [3.8, 4) is 6.07 Å². The van der Waals surface area contributed by atoms with E-state index < -0.39 is 6.04 Å². The first-order chi connectivity index (χ1) is 8.81. The van der Waals surface area contributed by atoms with E-state index in [2.05, 4.69) is 11.4 Å². The van der Waals surface area contributed by atoms with Crippen LogP contribution in [0.25, 0.3) is 0 Å². The molecule has 2 saturated carbocycles. The van der Waals surface area contributed by atoms with Crippen molar-refractivity contribution in [1.82, 2.24) is 5.32 Å². The second kappa shape index (κ2) is 4.45. The van der Waals surface area contributed by atoms with E-state index in [4.69, 9.17) is 5.26 Å². The standard InChI is InChI=1S/C15H16N2O/c16-9-13(10-5-2-1-3-6-10)17-15(18)14-11-7-4-8-12(11)14/h1-3,5-6,11-14H,4,7-8H2,(H,17,18). The fourth-order valence-corrected chi connectivity index (χ4v) is 3.28. The zero-order valence-electron chi connectivity index (χ0n) is 10.2. The van der Waals surface area contributed by atoms with Crippen LogP contribution in [0.2, 0.25) is 0 Å². The van der Waals surface area contributed by atoms with Gasteiger partial charge in [-0.3, -0.25) is 4.79 Å². The molecule has 1 aromatic carbocycles. The van der Waals surface area contributed by atoms with Gasteiger partial charge in [-0.2, -0.15) is 5.26 Å². The Morgan fingerprint density at radius 1 is 1.28 bits per heavy atom. The van der Waals surface area contributed by atoms with Crippen molar-refractivity contribution >= 4 is 5.91 Å². The highest BCUT2D eigenvalue weighted by Gasteiger charge is 2.56. The molecule has 1 amide bonds. The Hall–Kier alpha value is -1.82. The molecule has 1 N–H and O–H groups in total. The van der Waals surface area contributed by atoms with Crippen molar-refractivity contribution in [2.45, 2.75) is 25.3 Å². The molecule has 3 unspecified atom stereocenters. The van der Waals surface area contributed by atoms with E-state index in [1.165, 1.54) is 19.3 Å². The number of carbonyl (C=O) groups is 1. The first-order valence-electron chi connectivity index (χ1n) is 6.56. The van der Waals surface area contributed by atoms with Gasteiger partial charge in [-0.05, 0) is 30.2 Å². The number of fused-ring (bicyclic) bond motifs is 1. The Morgan fingerprint density at radius 2 is 1.94 bits per heavy atom. The third-order valence-electron chi connectivity index (χ3n) is 4.26. The first-order valence-corrected chi connectivity index (χ1v) is 6.56. The highest BCUT2D eigenvalue weighted by atomic mass is 16.2. The summed E-state index contributed by atoms with van der Waals surface area (Å²) in [5, 5.41) is 12.0. The second-order valence-electron chi connectivity index (χ2n) is 5.27. The molecule has 2 aliphatic rings. The number of nitrogens with one attached hydrogen (secondary N) is 1. The lowest BCUT2D eigenvalue weighted by Crippen LogP contribution is -2.30. The topological polar surface area (TPSA) is 52.9 Å². The predicted octanol–water partition coefficient (Wildman–Crippen LogP) is 2.41. The van der Waals surface area contributed by atoms with Crippen molar-refractivity contribution in [2.75, 3.05) is 0 Å². The summed E-state index contributed by atoms with van der Waals surface area (Å²) in [4.78, 5) is 12.1. The van der Waals surface area contributed by atoms with Crippen LogP contribution in [0, 0.1) is 29.1 Å². The molecule has 3 nitrogen and oxygen atoms in total. The Kier molecular flexibility index (Phi) is 2.79. The van der Waals surface area contributed by atoms with Gasteiger partial charge in [0, 0.05) is 5.92 Å². The Morgan fingerprint density at radius 3 is 2.56 bits per heavy atom. The maximum absolute atomic E-state index is 12.1. The molecule has 0 heterocycles. The maximum atomic E-state index is 12.1. The summed E-state index contributed by atoms with van der Waals surface area (Å²) < 4.78 is 0. The Bertz CT molecular complexity index is 481. The number of rotatable bonds is 3. The molecular formula is C15H16N2O. The number of amides is 1. The van der Waals surface area contributed by atoms with Crippen LogP contribution in [-0.4, -0.2) is 5.91 Å². The van der Waals surface area contributed by atoms with Crippen molar-refractivity contribution in [2.24, 2.45) is 17.8 Å². The van der Waals surface area contributed by atoms with Crippen LogP contribution in [0.1, 0.15) is 30.9 Å². The molecule has 0 bridgehead atoms. The largest absolute Gasteiger partial charge is 0.336 e. The smallest absolute Gasteiger partial charge is 0.224 e. The lowest BCUT2D eigenvalue weighted by Gasteiger charge is -2.12. The van der Waals surface area contributed by atoms with Crippen molar-refractivity contribution in [1.29, 1.82) is 5.26 Å². The SMILES string of the molecule is N#CC(NC(=O)C1C2CCCC21)c1ccccc1. The van der Waals surface area contributed by atoms with Crippen LogP contribution in [0.15, 0.2) is 30.3 Å². The van der Waals surface area contributed by atoms with Crippen molar-refractivity contribution in [3.63, 3.8) is 0 Å². The molecule has 3 atom stereocenters. The minimum Gasteiger partial charge on any atom is -0.336 e. The van der Waals surface area contributed by atoms with E-state index in [0.717, 1.165) is 5.56 Å². The van der Waals surface area contributed by atoms with E-state index in [0.29, 0.717) is 11.8 Å². The molecule has 0 saturated heterocycles. The number of hydrogen-bond donors (Lipinski definition) is 1. The third kappa shape index (κ3) is 1.88. The summed E-state index contributed by atoms with van der Waals surface area (Å²) in [5.41, 5.74) is 0.860. The van der Waals surface area contributed by atoms with Crippen LogP contribution >= 0.6 is 0 Å². The van der Waals surface area contributed by atoms with Gasteiger partial charge in [-0.1, -0.05) is 36.8 Å². The van der Waals surface area contributed by atoms with Crippen LogP contribution in [0.5, 0.6) is 0 Å². The molecule has 3 rings (SSSR count). The summed E-state index contributed by atoms with van der Waals surface area (Å²) in [5.74, 6) is 1.44. The normalized spacial score (nSPS) is 30.1. The highest BCUT2D eigenvalue weighted by Crippen LogP contribution is 2.57. The van der Waals surface area contributed by atoms with Crippen LogP contribution in [0.4, 0.5) is 0 Å². The van der Waals surface area contributed by atoms with Crippen LogP contribution in [0.3, 0.4) is 0 Å². The molecule has 2 fully saturated rings. The number of nitrogens with zero attached hydrogens (tertiary/aromatic N) is 1. The minimum absolute atomic E-state index is 0.0695. The molecule has 0 spiro atoms. The predicted molar refractivity (Wildman–Crippen MR) is 67.3 cm³/mol. The van der Waals surface area contributed by atoms with Gasteiger partial charge >= 0.3 is 0 Å². The third-order valence-corrected chi connectivity index (χ3v) is 4.26. The van der Waals surface area contributed by atoms with Crippen LogP contribution in [-0.2, 0) is 4.79 Å². The van der Waals surface area contributed by atoms with E-state index in [1.807, 2.05) is 30.3 Å². The molecule has 3 heteroatoms. The maximum Gasteiger partial charge on any atom is 0.224 e. The van der Waals surface area contributed by atoms with Gasteiger partial charge in [-0.15, -0.1) is 0 Å². The lowest BCUT2D eigenvalue weighted by molar-refractivity contribution is -0.123. The van der Waals surface area contributed by atoms with Crippen molar-refractivity contribution < 1.29 is 4.79 Å². The van der Waals surface area contributed by atoms with Crippen molar-refractivity contribution in [3.05, 3.63) is 35.9 Å². The summed E-state index contributed by atoms with van der Waals surface area (Å²) in [6.07, 6.45) is 3.64. The number of hydrogen-bond acceptors (Lipinski definition) is 2. The van der Waals surface area contributed by atoms with E-state index in [-0.39, 0.29) is 11.8 Å². The average Bonchev–Trinajstić information content (AvgIpc) is 2.90. The van der Waals surface area contributed by atoms with E-state index >= 15 is 0 Å². The first kappa shape index (κ1) is 11.3. The van der Waals surface area contributed by atoms with Gasteiger partial charge in [0.2, 0.25) is 5.91 Å². The van der Waals surface area contributed by atoms with Crippen LogP contribution < -0.4 is 5.32 Å². The zero-order valence-corrected chi connectivity index (χ0v) is 10.2. The van der Waals surface area contributed by atoms with Gasteiger partial charge in [0.25, 0.3) is 0 Å². The second-order valence-corrected chi connectivity index (χ2v) is 5.27. The Labute approximate surface area is 107 Å². The van der Waals surface area contributed by atoms with Gasteiger partial charge in [0.1, 0.15) is 6.04 Å². The zero-order chi connectivity index (χ0) is 12.5. The molecule has 0 radical (unpaired) electrons. The van der Waals surface area contributed by atoms with E-state index in [1.54, 1.807) is 0 Å². The molecule has 2 aliphatic carbocycles. The quantitative estimate of drug-likeness (QED) is 0.882. The minimum atomic E-state index is -0.514. The fourth-order valence-electron chi connectivity index (χ4n) is 3.28. The number of nitriles is 1.